The molecule has 1 aromatic carbocycles. The fraction of sp³-hybridized carbons (Fsp3) is 0.462. The predicted molar refractivity (Wildman–Crippen MR) is 77.1 cm³/mol. The molecule has 1 rings (SSSR count). The van der Waals surface area contributed by atoms with Crippen LogP contribution in [0.3, 0.4) is 0 Å². The van der Waals surface area contributed by atoms with Gasteiger partial charge in [0.05, 0.1) is 5.56 Å². The van der Waals surface area contributed by atoms with Gasteiger partial charge in [0, 0.05) is 38.6 Å². The molecule has 0 unspecified atom stereocenters. The SMILES string of the molecule is COCCCN(C)c1ccc(C(F)(F)F)c(C(N)=S)c1. The third-order valence-electron chi connectivity index (χ3n) is 2.86. The molecule has 0 aliphatic heterocycles. The van der Waals surface area contributed by atoms with Crippen LogP contribution in [0.4, 0.5) is 18.9 Å². The van der Waals surface area contributed by atoms with E-state index in [0.29, 0.717) is 18.8 Å². The molecule has 112 valence electrons. The lowest BCUT2D eigenvalue weighted by atomic mass is 10.1. The first-order valence-corrected chi connectivity index (χ1v) is 6.39. The van der Waals surface area contributed by atoms with Crippen molar-refractivity contribution in [2.24, 2.45) is 5.73 Å². The van der Waals surface area contributed by atoms with Crippen LogP contribution < -0.4 is 10.6 Å². The van der Waals surface area contributed by atoms with E-state index in [0.717, 1.165) is 12.5 Å². The summed E-state index contributed by atoms with van der Waals surface area (Å²) >= 11 is 4.71. The molecular weight excluding hydrogens is 289 g/mol. The van der Waals surface area contributed by atoms with Gasteiger partial charge in [-0.25, -0.2) is 0 Å². The third-order valence-corrected chi connectivity index (χ3v) is 3.08. The number of rotatable bonds is 6. The van der Waals surface area contributed by atoms with Crippen molar-refractivity contribution in [2.75, 3.05) is 32.2 Å². The topological polar surface area (TPSA) is 38.5 Å². The van der Waals surface area contributed by atoms with Gasteiger partial charge in [-0.1, -0.05) is 12.2 Å². The first kappa shape index (κ1) is 16.7. The zero-order valence-electron chi connectivity index (χ0n) is 11.3. The molecule has 20 heavy (non-hydrogen) atoms. The normalized spacial score (nSPS) is 11.4. The minimum Gasteiger partial charge on any atom is -0.389 e. The molecular formula is C13H17F3N2OS. The lowest BCUT2D eigenvalue weighted by Crippen LogP contribution is -2.22. The van der Waals surface area contributed by atoms with Gasteiger partial charge in [-0.15, -0.1) is 0 Å². The number of anilines is 1. The molecule has 0 amide bonds. The Hall–Kier alpha value is -1.34. The van der Waals surface area contributed by atoms with Crippen LogP contribution in [-0.4, -0.2) is 32.3 Å². The van der Waals surface area contributed by atoms with Crippen LogP contribution in [0.1, 0.15) is 17.5 Å². The van der Waals surface area contributed by atoms with Gasteiger partial charge in [0.25, 0.3) is 0 Å². The fourth-order valence-corrected chi connectivity index (χ4v) is 1.96. The second kappa shape index (κ2) is 6.90. The fourth-order valence-electron chi connectivity index (χ4n) is 1.80. The molecule has 0 saturated carbocycles. The van der Waals surface area contributed by atoms with Crippen LogP contribution in [0, 0.1) is 0 Å². The summed E-state index contributed by atoms with van der Waals surface area (Å²) in [4.78, 5) is 1.57. The Labute approximate surface area is 121 Å². The molecule has 7 heteroatoms. The highest BCUT2D eigenvalue weighted by molar-refractivity contribution is 7.80. The molecule has 0 spiro atoms. The quantitative estimate of drug-likeness (QED) is 0.648. The summed E-state index contributed by atoms with van der Waals surface area (Å²) in [5, 5.41) is 0. The van der Waals surface area contributed by atoms with Gasteiger partial charge in [-0.3, -0.25) is 0 Å². The van der Waals surface area contributed by atoms with Crippen LogP contribution in [0.5, 0.6) is 0 Å². The summed E-state index contributed by atoms with van der Waals surface area (Å²) in [5.41, 5.74) is 5.07. The lowest BCUT2D eigenvalue weighted by Gasteiger charge is -2.21. The summed E-state index contributed by atoms with van der Waals surface area (Å²) in [6.45, 7) is 1.25. The molecule has 0 fully saturated rings. The van der Waals surface area contributed by atoms with Gasteiger partial charge in [0.1, 0.15) is 4.99 Å². The van der Waals surface area contributed by atoms with Crippen molar-refractivity contribution < 1.29 is 17.9 Å². The number of ether oxygens (including phenoxy) is 1. The first-order chi connectivity index (χ1) is 9.27. The summed E-state index contributed by atoms with van der Waals surface area (Å²) in [5.74, 6) is 0. The highest BCUT2D eigenvalue weighted by atomic mass is 32.1. The van der Waals surface area contributed by atoms with Crippen LogP contribution >= 0.6 is 12.2 Å². The smallest absolute Gasteiger partial charge is 0.389 e. The Morgan fingerprint density at radius 3 is 2.55 bits per heavy atom. The molecule has 0 saturated heterocycles. The van der Waals surface area contributed by atoms with Crippen LogP contribution in [-0.2, 0) is 10.9 Å². The summed E-state index contributed by atoms with van der Waals surface area (Å²) in [6, 6.07) is 3.80. The zero-order chi connectivity index (χ0) is 15.3. The van der Waals surface area contributed by atoms with Gasteiger partial charge in [-0.05, 0) is 24.6 Å². The summed E-state index contributed by atoms with van der Waals surface area (Å²) in [7, 11) is 3.39. The Morgan fingerprint density at radius 2 is 2.05 bits per heavy atom. The minimum absolute atomic E-state index is 0.149. The molecule has 0 aliphatic rings. The Balaban J connectivity index is 3.02. The highest BCUT2D eigenvalue weighted by Crippen LogP contribution is 2.33. The molecule has 0 atom stereocenters. The number of methoxy groups -OCH3 is 1. The third kappa shape index (κ3) is 4.35. The van der Waals surface area contributed by atoms with Gasteiger partial charge in [0.2, 0.25) is 0 Å². The maximum Gasteiger partial charge on any atom is 0.417 e. The van der Waals surface area contributed by atoms with Gasteiger partial charge < -0.3 is 15.4 Å². The van der Waals surface area contributed by atoms with Crippen molar-refractivity contribution in [1.82, 2.24) is 0 Å². The number of hydrogen-bond donors (Lipinski definition) is 1. The summed E-state index contributed by atoms with van der Waals surface area (Å²) < 4.78 is 43.5. The largest absolute Gasteiger partial charge is 0.417 e. The highest BCUT2D eigenvalue weighted by Gasteiger charge is 2.34. The number of thiocarbonyl (C=S) groups is 1. The molecule has 0 bridgehead atoms. The van der Waals surface area contributed by atoms with Crippen molar-refractivity contribution in [3.63, 3.8) is 0 Å². The van der Waals surface area contributed by atoms with E-state index in [-0.39, 0.29) is 10.6 Å². The van der Waals surface area contributed by atoms with Gasteiger partial charge in [-0.2, -0.15) is 13.2 Å². The lowest BCUT2D eigenvalue weighted by molar-refractivity contribution is -0.137. The Kier molecular flexibility index (Phi) is 5.76. The van der Waals surface area contributed by atoms with Crippen molar-refractivity contribution in [1.29, 1.82) is 0 Å². The minimum atomic E-state index is -4.47. The average molecular weight is 306 g/mol. The number of benzene rings is 1. The second-order valence-electron chi connectivity index (χ2n) is 4.36. The average Bonchev–Trinajstić information content (AvgIpc) is 2.37. The Bertz CT molecular complexity index is 477. The molecule has 0 heterocycles. The number of nitrogens with zero attached hydrogens (tertiary/aromatic N) is 1. The van der Waals surface area contributed by atoms with E-state index in [9.17, 15) is 13.2 Å². The van der Waals surface area contributed by atoms with E-state index in [2.05, 4.69) is 0 Å². The number of halogens is 3. The second-order valence-corrected chi connectivity index (χ2v) is 4.80. The molecule has 0 radical (unpaired) electrons. The Morgan fingerprint density at radius 1 is 1.40 bits per heavy atom. The first-order valence-electron chi connectivity index (χ1n) is 5.98. The molecule has 0 aromatic heterocycles. The summed E-state index contributed by atoms with van der Waals surface area (Å²) in [6.07, 6.45) is -3.69. The monoisotopic (exact) mass is 306 g/mol. The van der Waals surface area contributed by atoms with Crippen LogP contribution in [0.15, 0.2) is 18.2 Å². The van der Waals surface area contributed by atoms with E-state index in [1.165, 1.54) is 12.1 Å². The number of nitrogens with two attached hydrogens (primary N) is 1. The van der Waals surface area contributed by atoms with Crippen molar-refractivity contribution in [2.45, 2.75) is 12.6 Å². The molecule has 3 nitrogen and oxygen atoms in total. The van der Waals surface area contributed by atoms with Crippen LogP contribution in [0.25, 0.3) is 0 Å². The standard InChI is InChI=1S/C13H17F3N2OS/c1-18(6-3-7-19-2)9-4-5-11(13(14,15)16)10(8-9)12(17)20/h4-5,8H,3,6-7H2,1-2H3,(H2,17,20). The van der Waals surface area contributed by atoms with E-state index < -0.39 is 11.7 Å². The number of hydrogen-bond acceptors (Lipinski definition) is 3. The maximum atomic E-state index is 12.8. The van der Waals surface area contributed by atoms with Crippen molar-refractivity contribution in [3.05, 3.63) is 29.3 Å². The maximum absolute atomic E-state index is 12.8. The van der Waals surface area contributed by atoms with E-state index >= 15 is 0 Å². The van der Waals surface area contributed by atoms with Crippen molar-refractivity contribution >= 4 is 22.9 Å². The van der Waals surface area contributed by atoms with Gasteiger partial charge in [0.15, 0.2) is 0 Å². The predicted octanol–water partition coefficient (Wildman–Crippen LogP) is 2.81. The van der Waals surface area contributed by atoms with E-state index in [1.54, 1.807) is 14.2 Å². The van der Waals surface area contributed by atoms with Crippen molar-refractivity contribution in [3.8, 4) is 0 Å². The molecule has 0 aliphatic carbocycles. The zero-order valence-corrected chi connectivity index (χ0v) is 12.1. The van der Waals surface area contributed by atoms with Gasteiger partial charge >= 0.3 is 6.18 Å². The van der Waals surface area contributed by atoms with Crippen LogP contribution in [0.2, 0.25) is 0 Å². The van der Waals surface area contributed by atoms with E-state index in [1.807, 2.05) is 4.90 Å². The van der Waals surface area contributed by atoms with E-state index in [4.69, 9.17) is 22.7 Å². The molecule has 1 aromatic rings. The number of alkyl halides is 3. The molecule has 2 N–H and O–H groups in total.